The van der Waals surface area contributed by atoms with Crippen LogP contribution in [-0.4, -0.2) is 18.5 Å². The number of carbonyl (C=O) groups excluding carboxylic acids is 1. The Kier molecular flexibility index (Phi) is 3.04. The topological polar surface area (TPSA) is 26.3 Å². The van der Waals surface area contributed by atoms with Crippen molar-refractivity contribution < 1.29 is 9.53 Å². The highest BCUT2D eigenvalue weighted by Gasteiger charge is 2.39. The summed E-state index contributed by atoms with van der Waals surface area (Å²) in [7, 11) is 0. The van der Waals surface area contributed by atoms with Gasteiger partial charge in [0.25, 0.3) is 0 Å². The standard InChI is InChI=1S/C10H16O2/c1-3-5-9(2)10(8-11)6-4-7-12-10/h3,8-9H,1,4-7H2,2H3. The van der Waals surface area contributed by atoms with Gasteiger partial charge in [-0.1, -0.05) is 13.0 Å². The van der Waals surface area contributed by atoms with Crippen LogP contribution in [0, 0.1) is 5.92 Å². The Morgan fingerprint density at radius 1 is 1.75 bits per heavy atom. The smallest absolute Gasteiger partial charge is 0.152 e. The van der Waals surface area contributed by atoms with Gasteiger partial charge in [0.15, 0.2) is 6.29 Å². The molecule has 12 heavy (non-hydrogen) atoms. The molecule has 0 amide bonds. The van der Waals surface area contributed by atoms with Crippen LogP contribution in [0.15, 0.2) is 12.7 Å². The Bertz CT molecular complexity index is 169. The molecule has 0 aromatic rings. The monoisotopic (exact) mass is 168 g/mol. The third-order valence-corrected chi connectivity index (χ3v) is 2.64. The molecule has 1 heterocycles. The number of allylic oxidation sites excluding steroid dienone is 1. The van der Waals surface area contributed by atoms with Crippen molar-refractivity contribution in [2.75, 3.05) is 6.61 Å². The van der Waals surface area contributed by atoms with Crippen molar-refractivity contribution in [3.8, 4) is 0 Å². The Balaban J connectivity index is 2.64. The third kappa shape index (κ3) is 1.58. The highest BCUT2D eigenvalue weighted by molar-refractivity contribution is 5.63. The van der Waals surface area contributed by atoms with Gasteiger partial charge in [-0.05, 0) is 25.2 Å². The molecule has 0 saturated carbocycles. The average Bonchev–Trinajstić information content (AvgIpc) is 2.54. The van der Waals surface area contributed by atoms with E-state index in [0.29, 0.717) is 0 Å². The number of ether oxygens (including phenoxy) is 1. The van der Waals surface area contributed by atoms with Crippen LogP contribution in [0.5, 0.6) is 0 Å². The van der Waals surface area contributed by atoms with E-state index in [1.54, 1.807) is 0 Å². The van der Waals surface area contributed by atoms with E-state index < -0.39 is 5.60 Å². The number of hydrogen-bond acceptors (Lipinski definition) is 2. The summed E-state index contributed by atoms with van der Waals surface area (Å²) in [5.41, 5.74) is -0.506. The highest BCUT2D eigenvalue weighted by Crippen LogP contribution is 2.33. The van der Waals surface area contributed by atoms with Gasteiger partial charge in [-0.15, -0.1) is 6.58 Å². The summed E-state index contributed by atoms with van der Waals surface area (Å²) in [6, 6.07) is 0. The molecular formula is C10H16O2. The van der Waals surface area contributed by atoms with Crippen LogP contribution in [0.4, 0.5) is 0 Å². The Hall–Kier alpha value is -0.630. The van der Waals surface area contributed by atoms with E-state index in [4.69, 9.17) is 4.74 Å². The molecular weight excluding hydrogens is 152 g/mol. The van der Waals surface area contributed by atoms with Crippen molar-refractivity contribution in [3.63, 3.8) is 0 Å². The predicted octanol–water partition coefficient (Wildman–Crippen LogP) is 1.95. The van der Waals surface area contributed by atoms with Crippen LogP contribution in [0.25, 0.3) is 0 Å². The predicted molar refractivity (Wildman–Crippen MR) is 48.0 cm³/mol. The lowest BCUT2D eigenvalue weighted by Crippen LogP contribution is -2.37. The van der Waals surface area contributed by atoms with Crippen LogP contribution in [0.3, 0.4) is 0 Å². The minimum atomic E-state index is -0.506. The highest BCUT2D eigenvalue weighted by atomic mass is 16.5. The Morgan fingerprint density at radius 3 is 2.92 bits per heavy atom. The molecule has 0 aliphatic carbocycles. The lowest BCUT2D eigenvalue weighted by molar-refractivity contribution is -0.131. The Labute approximate surface area is 73.6 Å². The zero-order valence-corrected chi connectivity index (χ0v) is 7.58. The maximum Gasteiger partial charge on any atom is 0.152 e. The van der Waals surface area contributed by atoms with Crippen molar-refractivity contribution in [2.24, 2.45) is 5.92 Å². The summed E-state index contributed by atoms with van der Waals surface area (Å²) in [6.45, 7) is 6.43. The van der Waals surface area contributed by atoms with Crippen LogP contribution in [0.1, 0.15) is 26.2 Å². The van der Waals surface area contributed by atoms with E-state index in [2.05, 4.69) is 6.58 Å². The first-order valence-corrected chi connectivity index (χ1v) is 4.46. The minimum absolute atomic E-state index is 0.259. The zero-order valence-electron chi connectivity index (χ0n) is 7.58. The molecule has 2 nitrogen and oxygen atoms in total. The van der Waals surface area contributed by atoms with Gasteiger partial charge in [-0.3, -0.25) is 0 Å². The first-order valence-electron chi connectivity index (χ1n) is 4.46. The Morgan fingerprint density at radius 2 is 2.50 bits per heavy atom. The molecule has 0 spiro atoms. The molecule has 0 bridgehead atoms. The lowest BCUT2D eigenvalue weighted by Gasteiger charge is -2.27. The molecule has 1 aliphatic rings. The lowest BCUT2D eigenvalue weighted by atomic mass is 9.85. The molecule has 68 valence electrons. The normalized spacial score (nSPS) is 31.4. The first kappa shape index (κ1) is 9.46. The van der Waals surface area contributed by atoms with Crippen molar-refractivity contribution in [3.05, 3.63) is 12.7 Å². The fourth-order valence-corrected chi connectivity index (χ4v) is 1.73. The van der Waals surface area contributed by atoms with E-state index in [9.17, 15) is 4.79 Å². The third-order valence-electron chi connectivity index (χ3n) is 2.64. The van der Waals surface area contributed by atoms with Crippen molar-refractivity contribution in [1.82, 2.24) is 0 Å². The zero-order chi connectivity index (χ0) is 9.03. The summed E-state index contributed by atoms with van der Waals surface area (Å²) >= 11 is 0. The number of rotatable bonds is 4. The van der Waals surface area contributed by atoms with Crippen molar-refractivity contribution in [2.45, 2.75) is 31.8 Å². The van der Waals surface area contributed by atoms with E-state index in [1.807, 2.05) is 13.0 Å². The van der Waals surface area contributed by atoms with Gasteiger partial charge in [0.1, 0.15) is 5.60 Å². The van der Waals surface area contributed by atoms with E-state index >= 15 is 0 Å². The largest absolute Gasteiger partial charge is 0.367 e. The van der Waals surface area contributed by atoms with E-state index in [-0.39, 0.29) is 5.92 Å². The second kappa shape index (κ2) is 3.85. The molecule has 0 N–H and O–H groups in total. The fourth-order valence-electron chi connectivity index (χ4n) is 1.73. The molecule has 0 aromatic heterocycles. The van der Waals surface area contributed by atoms with Crippen LogP contribution in [-0.2, 0) is 9.53 Å². The maximum absolute atomic E-state index is 10.9. The molecule has 1 saturated heterocycles. The summed E-state index contributed by atoms with van der Waals surface area (Å²) in [5.74, 6) is 0.259. The average molecular weight is 168 g/mol. The van der Waals surface area contributed by atoms with Gasteiger partial charge < -0.3 is 9.53 Å². The van der Waals surface area contributed by atoms with Gasteiger partial charge in [0, 0.05) is 6.61 Å². The van der Waals surface area contributed by atoms with E-state index in [0.717, 1.165) is 32.2 Å². The summed E-state index contributed by atoms with van der Waals surface area (Å²) in [5, 5.41) is 0. The van der Waals surface area contributed by atoms with Gasteiger partial charge in [0.2, 0.25) is 0 Å². The number of hydrogen-bond donors (Lipinski definition) is 0. The van der Waals surface area contributed by atoms with Crippen LogP contribution in [0.2, 0.25) is 0 Å². The second-order valence-electron chi connectivity index (χ2n) is 3.45. The molecule has 1 rings (SSSR count). The second-order valence-corrected chi connectivity index (χ2v) is 3.45. The molecule has 2 atom stereocenters. The molecule has 1 aliphatic heterocycles. The van der Waals surface area contributed by atoms with Gasteiger partial charge in [-0.25, -0.2) is 0 Å². The molecule has 0 aromatic carbocycles. The molecule has 2 unspecified atom stereocenters. The maximum atomic E-state index is 10.9. The number of aldehydes is 1. The van der Waals surface area contributed by atoms with Crippen LogP contribution < -0.4 is 0 Å². The fraction of sp³-hybridized carbons (Fsp3) is 0.700. The van der Waals surface area contributed by atoms with E-state index in [1.165, 1.54) is 0 Å². The molecule has 0 radical (unpaired) electrons. The molecule has 1 fully saturated rings. The quantitative estimate of drug-likeness (QED) is 0.473. The summed E-state index contributed by atoms with van der Waals surface area (Å²) < 4.78 is 5.49. The van der Waals surface area contributed by atoms with Gasteiger partial charge in [-0.2, -0.15) is 0 Å². The van der Waals surface area contributed by atoms with Gasteiger partial charge >= 0.3 is 0 Å². The first-order chi connectivity index (χ1) is 5.75. The van der Waals surface area contributed by atoms with Crippen LogP contribution >= 0.6 is 0 Å². The summed E-state index contributed by atoms with van der Waals surface area (Å²) in [6.07, 6.45) is 5.52. The SMILES string of the molecule is C=CCC(C)C1(C=O)CCCO1. The van der Waals surface area contributed by atoms with Crippen molar-refractivity contribution in [1.29, 1.82) is 0 Å². The minimum Gasteiger partial charge on any atom is -0.367 e. The summed E-state index contributed by atoms with van der Waals surface area (Å²) in [4.78, 5) is 10.9. The molecule has 2 heteroatoms. The number of carbonyl (C=O) groups is 1. The van der Waals surface area contributed by atoms with Crippen molar-refractivity contribution >= 4 is 6.29 Å². The van der Waals surface area contributed by atoms with Gasteiger partial charge in [0.05, 0.1) is 0 Å².